The van der Waals surface area contributed by atoms with Crippen LogP contribution in [-0.4, -0.2) is 59.1 Å². The van der Waals surface area contributed by atoms with E-state index in [1.807, 2.05) is 4.90 Å². The van der Waals surface area contributed by atoms with Gasteiger partial charge in [0.15, 0.2) is 10.4 Å². The average Bonchev–Trinajstić information content (AvgIpc) is 3.07. The van der Waals surface area contributed by atoms with Gasteiger partial charge in [0, 0.05) is 32.2 Å². The molecule has 2 atom stereocenters. The van der Waals surface area contributed by atoms with Gasteiger partial charge in [-0.1, -0.05) is 0 Å². The molecule has 20 heavy (non-hydrogen) atoms. The van der Waals surface area contributed by atoms with Crippen LogP contribution in [0.4, 0.5) is 0 Å². The lowest BCUT2D eigenvalue weighted by Gasteiger charge is -2.38. The highest BCUT2D eigenvalue weighted by atomic mass is 79.9. The molecule has 5 nitrogen and oxygen atoms in total. The van der Waals surface area contributed by atoms with Crippen molar-refractivity contribution in [3.63, 3.8) is 0 Å². The standard InChI is InChI=1S/C14H19BrN2O3/c15-13-5-4-12(20-13)14(19)17-8-6-16(7-9-17)10-2-1-3-11(10)18/h4-5,10-11,18H,1-3,6-9H2. The topological polar surface area (TPSA) is 56.9 Å². The molecule has 2 fully saturated rings. The van der Waals surface area contributed by atoms with Crippen LogP contribution in [0, 0.1) is 0 Å². The molecule has 6 heteroatoms. The van der Waals surface area contributed by atoms with Gasteiger partial charge in [-0.15, -0.1) is 0 Å². The molecule has 0 bridgehead atoms. The first kappa shape index (κ1) is 14.1. The second-order valence-electron chi connectivity index (χ2n) is 5.50. The third-order valence-corrected chi connectivity index (χ3v) is 4.72. The zero-order valence-corrected chi connectivity index (χ0v) is 12.9. The SMILES string of the molecule is O=C(c1ccc(Br)o1)N1CCN(C2CCCC2O)CC1. The zero-order valence-electron chi connectivity index (χ0n) is 11.3. The lowest BCUT2D eigenvalue weighted by atomic mass is 10.1. The van der Waals surface area contributed by atoms with Crippen molar-refractivity contribution >= 4 is 21.8 Å². The van der Waals surface area contributed by atoms with E-state index in [1.54, 1.807) is 12.1 Å². The second-order valence-corrected chi connectivity index (χ2v) is 6.28. The molecule has 1 aliphatic heterocycles. The minimum Gasteiger partial charge on any atom is -0.444 e. The lowest BCUT2D eigenvalue weighted by molar-refractivity contribution is 0.0301. The van der Waals surface area contributed by atoms with Crippen LogP contribution in [0.5, 0.6) is 0 Å². The van der Waals surface area contributed by atoms with Crippen LogP contribution >= 0.6 is 15.9 Å². The van der Waals surface area contributed by atoms with Crippen molar-refractivity contribution < 1.29 is 14.3 Å². The van der Waals surface area contributed by atoms with Gasteiger partial charge in [0.1, 0.15) is 0 Å². The molecule has 0 aromatic carbocycles. The quantitative estimate of drug-likeness (QED) is 0.888. The van der Waals surface area contributed by atoms with Crippen molar-refractivity contribution in [1.82, 2.24) is 9.80 Å². The number of aliphatic hydroxyl groups is 1. The third-order valence-electron chi connectivity index (χ3n) is 4.30. The summed E-state index contributed by atoms with van der Waals surface area (Å²) in [5.41, 5.74) is 0. The number of piperazine rings is 1. The Hall–Kier alpha value is -0.850. The molecule has 1 aromatic rings. The highest BCUT2D eigenvalue weighted by molar-refractivity contribution is 9.10. The molecule has 2 aliphatic rings. The first-order valence-corrected chi connectivity index (χ1v) is 7.91. The first-order valence-electron chi connectivity index (χ1n) is 7.12. The molecule has 1 saturated heterocycles. The zero-order chi connectivity index (χ0) is 14.1. The molecule has 0 spiro atoms. The molecular formula is C14H19BrN2O3. The average molecular weight is 343 g/mol. The maximum Gasteiger partial charge on any atom is 0.289 e. The molecular weight excluding hydrogens is 324 g/mol. The molecule has 2 heterocycles. The lowest BCUT2D eigenvalue weighted by Crippen LogP contribution is -2.53. The van der Waals surface area contributed by atoms with Crippen molar-refractivity contribution in [2.75, 3.05) is 26.2 Å². The molecule has 1 aliphatic carbocycles. The number of hydrogen-bond acceptors (Lipinski definition) is 4. The van der Waals surface area contributed by atoms with Gasteiger partial charge in [-0.25, -0.2) is 0 Å². The molecule has 3 rings (SSSR count). The molecule has 1 aromatic heterocycles. The summed E-state index contributed by atoms with van der Waals surface area (Å²) in [6.45, 7) is 3.05. The molecule has 0 radical (unpaired) electrons. The van der Waals surface area contributed by atoms with Gasteiger partial charge in [0.05, 0.1) is 6.10 Å². The Morgan fingerprint density at radius 2 is 2.00 bits per heavy atom. The summed E-state index contributed by atoms with van der Waals surface area (Å²) in [6.07, 6.45) is 2.88. The Bertz CT molecular complexity index is 483. The van der Waals surface area contributed by atoms with Crippen LogP contribution in [-0.2, 0) is 0 Å². The number of nitrogens with zero attached hydrogens (tertiary/aromatic N) is 2. The van der Waals surface area contributed by atoms with Crippen molar-refractivity contribution in [3.05, 3.63) is 22.6 Å². The second kappa shape index (κ2) is 5.87. The molecule has 110 valence electrons. The fourth-order valence-corrected chi connectivity index (χ4v) is 3.50. The third kappa shape index (κ3) is 2.77. The van der Waals surface area contributed by atoms with E-state index in [0.29, 0.717) is 23.5 Å². The first-order chi connectivity index (χ1) is 9.65. The summed E-state index contributed by atoms with van der Waals surface area (Å²) >= 11 is 3.21. The number of carbonyl (C=O) groups is 1. The highest BCUT2D eigenvalue weighted by Crippen LogP contribution is 2.25. The summed E-state index contributed by atoms with van der Waals surface area (Å²) in [6, 6.07) is 3.71. The van der Waals surface area contributed by atoms with Crippen molar-refractivity contribution in [2.24, 2.45) is 0 Å². The number of halogens is 1. The van der Waals surface area contributed by atoms with E-state index in [-0.39, 0.29) is 18.1 Å². The Morgan fingerprint density at radius 1 is 1.25 bits per heavy atom. The Morgan fingerprint density at radius 3 is 2.55 bits per heavy atom. The van der Waals surface area contributed by atoms with Gasteiger partial charge < -0.3 is 14.4 Å². The van der Waals surface area contributed by atoms with Crippen molar-refractivity contribution in [2.45, 2.75) is 31.4 Å². The van der Waals surface area contributed by atoms with Crippen molar-refractivity contribution in [3.8, 4) is 0 Å². The number of aliphatic hydroxyl groups excluding tert-OH is 1. The van der Waals surface area contributed by atoms with Crippen LogP contribution in [0.15, 0.2) is 21.2 Å². The molecule has 1 N–H and O–H groups in total. The van der Waals surface area contributed by atoms with Crippen LogP contribution in [0.25, 0.3) is 0 Å². The number of hydrogen-bond donors (Lipinski definition) is 1. The van der Waals surface area contributed by atoms with Gasteiger partial charge in [-0.2, -0.15) is 0 Å². The number of amides is 1. The van der Waals surface area contributed by atoms with Crippen molar-refractivity contribution in [1.29, 1.82) is 0 Å². The fraction of sp³-hybridized carbons (Fsp3) is 0.643. The minimum atomic E-state index is -0.196. The van der Waals surface area contributed by atoms with E-state index < -0.39 is 0 Å². The summed E-state index contributed by atoms with van der Waals surface area (Å²) in [5, 5.41) is 9.95. The largest absolute Gasteiger partial charge is 0.444 e. The van der Waals surface area contributed by atoms with E-state index in [9.17, 15) is 9.90 Å². The Labute approximate surface area is 126 Å². The molecule has 1 amide bonds. The van der Waals surface area contributed by atoms with Gasteiger partial charge in [-0.05, 0) is 47.3 Å². The maximum atomic E-state index is 12.2. The normalized spacial score (nSPS) is 28.0. The van der Waals surface area contributed by atoms with Crippen LogP contribution in [0.1, 0.15) is 29.8 Å². The smallest absolute Gasteiger partial charge is 0.289 e. The van der Waals surface area contributed by atoms with E-state index in [2.05, 4.69) is 20.8 Å². The predicted octanol–water partition coefficient (Wildman–Crippen LogP) is 1.71. The molecule has 1 saturated carbocycles. The van der Waals surface area contributed by atoms with Gasteiger partial charge >= 0.3 is 0 Å². The maximum absolute atomic E-state index is 12.2. The summed E-state index contributed by atoms with van der Waals surface area (Å²) in [5.74, 6) is 0.327. The van der Waals surface area contributed by atoms with E-state index in [0.717, 1.165) is 32.4 Å². The highest BCUT2D eigenvalue weighted by Gasteiger charge is 2.33. The number of carbonyl (C=O) groups excluding carboxylic acids is 1. The summed E-state index contributed by atoms with van der Waals surface area (Å²) < 4.78 is 5.89. The number of rotatable bonds is 2. The predicted molar refractivity (Wildman–Crippen MR) is 77.5 cm³/mol. The Balaban J connectivity index is 1.57. The van der Waals surface area contributed by atoms with Crippen LogP contribution in [0.2, 0.25) is 0 Å². The van der Waals surface area contributed by atoms with E-state index in [1.165, 1.54) is 0 Å². The van der Waals surface area contributed by atoms with E-state index >= 15 is 0 Å². The minimum absolute atomic E-state index is 0.0534. The van der Waals surface area contributed by atoms with Gasteiger partial charge in [0.2, 0.25) is 0 Å². The summed E-state index contributed by atoms with van der Waals surface area (Å²) in [7, 11) is 0. The van der Waals surface area contributed by atoms with Gasteiger partial charge in [0.25, 0.3) is 5.91 Å². The van der Waals surface area contributed by atoms with E-state index in [4.69, 9.17) is 4.42 Å². The monoisotopic (exact) mass is 342 g/mol. The van der Waals surface area contributed by atoms with Crippen LogP contribution in [0.3, 0.4) is 0 Å². The Kier molecular flexibility index (Phi) is 4.14. The molecule has 2 unspecified atom stereocenters. The number of furan rings is 1. The van der Waals surface area contributed by atoms with Crippen LogP contribution < -0.4 is 0 Å². The fourth-order valence-electron chi connectivity index (χ4n) is 3.19. The van der Waals surface area contributed by atoms with Gasteiger partial charge in [-0.3, -0.25) is 9.69 Å². The summed E-state index contributed by atoms with van der Waals surface area (Å²) in [4.78, 5) is 16.4.